The summed E-state index contributed by atoms with van der Waals surface area (Å²) in [5, 5.41) is 2.88. The molecule has 0 aromatic carbocycles. The Morgan fingerprint density at radius 2 is 2.29 bits per heavy atom. The van der Waals surface area contributed by atoms with Crippen molar-refractivity contribution in [2.45, 2.75) is 33.2 Å². The highest BCUT2D eigenvalue weighted by Gasteiger charge is 2.13. The lowest BCUT2D eigenvalue weighted by Crippen LogP contribution is -2.29. The van der Waals surface area contributed by atoms with Gasteiger partial charge in [-0.25, -0.2) is 4.98 Å². The first-order valence-corrected chi connectivity index (χ1v) is 5.02. The molecule has 2 N–H and O–H groups in total. The maximum absolute atomic E-state index is 11.6. The van der Waals surface area contributed by atoms with Gasteiger partial charge < -0.3 is 10.3 Å². The van der Waals surface area contributed by atoms with E-state index in [1.807, 2.05) is 13.8 Å². The minimum Gasteiger partial charge on any atom is -0.350 e. The Balaban J connectivity index is 2.34. The standard InChI is InChI=1S/C10H17N3O/c1-3-8(4-2)10(14)12-6-9-5-11-7-13-9/h5,7-8H,3-4,6H2,1-2H3,(H,11,13)(H,12,14). The Morgan fingerprint density at radius 1 is 1.57 bits per heavy atom. The summed E-state index contributed by atoms with van der Waals surface area (Å²) in [6, 6.07) is 0. The lowest BCUT2D eigenvalue weighted by molar-refractivity contribution is -0.125. The zero-order chi connectivity index (χ0) is 10.4. The van der Waals surface area contributed by atoms with Crippen LogP contribution < -0.4 is 5.32 Å². The van der Waals surface area contributed by atoms with E-state index in [1.165, 1.54) is 0 Å². The fourth-order valence-corrected chi connectivity index (χ4v) is 1.37. The molecule has 4 heteroatoms. The molecule has 1 heterocycles. The van der Waals surface area contributed by atoms with E-state index in [9.17, 15) is 4.79 Å². The smallest absolute Gasteiger partial charge is 0.223 e. The second-order valence-corrected chi connectivity index (χ2v) is 3.31. The zero-order valence-electron chi connectivity index (χ0n) is 8.71. The lowest BCUT2D eigenvalue weighted by atomic mass is 10.0. The largest absolute Gasteiger partial charge is 0.350 e. The number of aromatic amines is 1. The van der Waals surface area contributed by atoms with Crippen molar-refractivity contribution in [2.75, 3.05) is 0 Å². The molecule has 0 fully saturated rings. The third kappa shape index (κ3) is 2.87. The molecule has 1 aromatic rings. The summed E-state index contributed by atoms with van der Waals surface area (Å²) >= 11 is 0. The van der Waals surface area contributed by atoms with Gasteiger partial charge in [-0.2, -0.15) is 0 Å². The number of H-pyrrole nitrogens is 1. The molecule has 0 saturated carbocycles. The third-order valence-corrected chi connectivity index (χ3v) is 2.36. The van der Waals surface area contributed by atoms with Crippen molar-refractivity contribution in [3.05, 3.63) is 18.2 Å². The fourth-order valence-electron chi connectivity index (χ4n) is 1.37. The molecule has 1 rings (SSSR count). The van der Waals surface area contributed by atoms with E-state index in [0.717, 1.165) is 18.5 Å². The van der Waals surface area contributed by atoms with Gasteiger partial charge in [-0.15, -0.1) is 0 Å². The monoisotopic (exact) mass is 195 g/mol. The van der Waals surface area contributed by atoms with Crippen LogP contribution in [-0.4, -0.2) is 15.9 Å². The molecule has 0 atom stereocenters. The second kappa shape index (κ2) is 5.42. The van der Waals surface area contributed by atoms with Crippen LogP contribution in [0.15, 0.2) is 12.5 Å². The summed E-state index contributed by atoms with van der Waals surface area (Å²) < 4.78 is 0. The summed E-state index contributed by atoms with van der Waals surface area (Å²) in [7, 11) is 0. The van der Waals surface area contributed by atoms with Crippen LogP contribution in [0.4, 0.5) is 0 Å². The quantitative estimate of drug-likeness (QED) is 0.747. The summed E-state index contributed by atoms with van der Waals surface area (Å²) in [4.78, 5) is 18.4. The van der Waals surface area contributed by atoms with E-state index in [0.29, 0.717) is 6.54 Å². The number of aromatic nitrogens is 2. The molecule has 1 aromatic heterocycles. The van der Waals surface area contributed by atoms with Crippen molar-refractivity contribution in [1.82, 2.24) is 15.3 Å². The van der Waals surface area contributed by atoms with Crippen molar-refractivity contribution in [3.8, 4) is 0 Å². The minimum atomic E-state index is 0.129. The highest BCUT2D eigenvalue weighted by molar-refractivity contribution is 5.78. The van der Waals surface area contributed by atoms with Crippen LogP contribution in [-0.2, 0) is 11.3 Å². The van der Waals surface area contributed by atoms with Crippen LogP contribution in [0, 0.1) is 5.92 Å². The number of hydrogen-bond donors (Lipinski definition) is 2. The van der Waals surface area contributed by atoms with Crippen molar-refractivity contribution in [3.63, 3.8) is 0 Å². The Morgan fingerprint density at radius 3 is 2.79 bits per heavy atom. The van der Waals surface area contributed by atoms with Crippen LogP contribution in [0.1, 0.15) is 32.4 Å². The number of amides is 1. The molecule has 4 nitrogen and oxygen atoms in total. The average molecular weight is 195 g/mol. The summed E-state index contributed by atoms with van der Waals surface area (Å²) in [5.74, 6) is 0.266. The summed E-state index contributed by atoms with van der Waals surface area (Å²) in [5.41, 5.74) is 0.935. The molecule has 0 aliphatic carbocycles. The van der Waals surface area contributed by atoms with E-state index in [2.05, 4.69) is 15.3 Å². The van der Waals surface area contributed by atoms with Crippen LogP contribution >= 0.6 is 0 Å². The van der Waals surface area contributed by atoms with Gasteiger partial charge in [-0.05, 0) is 12.8 Å². The van der Waals surface area contributed by atoms with Gasteiger partial charge >= 0.3 is 0 Å². The van der Waals surface area contributed by atoms with Gasteiger partial charge in [0.25, 0.3) is 0 Å². The molecule has 0 aliphatic heterocycles. The van der Waals surface area contributed by atoms with Gasteiger partial charge in [0.1, 0.15) is 0 Å². The molecule has 78 valence electrons. The number of carbonyl (C=O) groups is 1. The van der Waals surface area contributed by atoms with Crippen LogP contribution in [0.5, 0.6) is 0 Å². The first-order chi connectivity index (χ1) is 6.77. The normalized spacial score (nSPS) is 10.5. The molecule has 0 spiro atoms. The molecular weight excluding hydrogens is 178 g/mol. The number of imidazole rings is 1. The number of nitrogens with one attached hydrogen (secondary N) is 2. The molecule has 0 saturated heterocycles. The second-order valence-electron chi connectivity index (χ2n) is 3.31. The average Bonchev–Trinajstić information content (AvgIpc) is 2.69. The maximum atomic E-state index is 11.6. The SMILES string of the molecule is CCC(CC)C(=O)NCc1cnc[nH]1. The predicted octanol–water partition coefficient (Wildman–Crippen LogP) is 1.46. The maximum Gasteiger partial charge on any atom is 0.223 e. The summed E-state index contributed by atoms with van der Waals surface area (Å²) in [6.07, 6.45) is 5.11. The van der Waals surface area contributed by atoms with E-state index in [4.69, 9.17) is 0 Å². The minimum absolute atomic E-state index is 0.129. The van der Waals surface area contributed by atoms with Crippen LogP contribution in [0.2, 0.25) is 0 Å². The fraction of sp³-hybridized carbons (Fsp3) is 0.600. The van der Waals surface area contributed by atoms with Gasteiger partial charge in [0, 0.05) is 12.1 Å². The summed E-state index contributed by atoms with van der Waals surface area (Å²) in [6.45, 7) is 4.60. The predicted molar refractivity (Wildman–Crippen MR) is 54.5 cm³/mol. The van der Waals surface area contributed by atoms with E-state index in [1.54, 1.807) is 12.5 Å². The lowest BCUT2D eigenvalue weighted by Gasteiger charge is -2.11. The molecule has 1 amide bonds. The van der Waals surface area contributed by atoms with Crippen molar-refractivity contribution in [2.24, 2.45) is 5.92 Å². The van der Waals surface area contributed by atoms with E-state index >= 15 is 0 Å². The van der Waals surface area contributed by atoms with E-state index < -0.39 is 0 Å². The Bertz CT molecular complexity index is 265. The molecule has 14 heavy (non-hydrogen) atoms. The van der Waals surface area contributed by atoms with Gasteiger partial charge in [0.05, 0.1) is 18.6 Å². The molecule has 0 bridgehead atoms. The molecule has 0 unspecified atom stereocenters. The Hall–Kier alpha value is -1.32. The topological polar surface area (TPSA) is 57.8 Å². The molecular formula is C10H17N3O. The molecule has 0 aliphatic rings. The first kappa shape index (κ1) is 10.8. The van der Waals surface area contributed by atoms with Crippen molar-refractivity contribution in [1.29, 1.82) is 0 Å². The first-order valence-electron chi connectivity index (χ1n) is 5.02. The Kier molecular flexibility index (Phi) is 4.16. The van der Waals surface area contributed by atoms with Crippen molar-refractivity contribution >= 4 is 5.91 Å². The zero-order valence-corrected chi connectivity index (χ0v) is 8.71. The van der Waals surface area contributed by atoms with Gasteiger partial charge in [-0.3, -0.25) is 4.79 Å². The number of nitrogens with zero attached hydrogens (tertiary/aromatic N) is 1. The highest BCUT2D eigenvalue weighted by atomic mass is 16.1. The number of rotatable bonds is 5. The third-order valence-electron chi connectivity index (χ3n) is 2.36. The number of carbonyl (C=O) groups excluding carboxylic acids is 1. The van der Waals surface area contributed by atoms with Crippen LogP contribution in [0.3, 0.4) is 0 Å². The van der Waals surface area contributed by atoms with Gasteiger partial charge in [0.15, 0.2) is 0 Å². The van der Waals surface area contributed by atoms with Crippen LogP contribution in [0.25, 0.3) is 0 Å². The van der Waals surface area contributed by atoms with Crippen molar-refractivity contribution < 1.29 is 4.79 Å². The Labute approximate surface area is 84.1 Å². The van der Waals surface area contributed by atoms with Gasteiger partial charge in [0.2, 0.25) is 5.91 Å². The van der Waals surface area contributed by atoms with E-state index in [-0.39, 0.29) is 11.8 Å². The highest BCUT2D eigenvalue weighted by Crippen LogP contribution is 2.07. The van der Waals surface area contributed by atoms with Gasteiger partial charge in [-0.1, -0.05) is 13.8 Å². The molecule has 0 radical (unpaired) electrons. The number of hydrogen-bond acceptors (Lipinski definition) is 2.